The van der Waals surface area contributed by atoms with Crippen molar-refractivity contribution in [2.24, 2.45) is 5.73 Å². The number of carbonyl (C=O) groups is 2. The van der Waals surface area contributed by atoms with Crippen LogP contribution in [-0.2, 0) is 17.6 Å². The Kier molecular flexibility index (Phi) is 7.92. The number of halogens is 3. The molecule has 1 aliphatic carbocycles. The van der Waals surface area contributed by atoms with Crippen LogP contribution in [0.5, 0.6) is 0 Å². The molecular weight excluding hydrogens is 448 g/mol. The van der Waals surface area contributed by atoms with E-state index >= 15 is 0 Å². The van der Waals surface area contributed by atoms with Gasteiger partial charge in [0.1, 0.15) is 23.4 Å². The molecule has 7 nitrogen and oxygen atoms in total. The number of imidazole rings is 1. The lowest BCUT2D eigenvalue weighted by molar-refractivity contribution is -0.137. The molecule has 1 aliphatic rings. The summed E-state index contributed by atoms with van der Waals surface area (Å²) >= 11 is 0. The molecular formula is C17H18ClF2N3O4S2. The van der Waals surface area contributed by atoms with Crippen LogP contribution in [0.1, 0.15) is 34.1 Å². The van der Waals surface area contributed by atoms with Gasteiger partial charge in [0.25, 0.3) is 0 Å². The van der Waals surface area contributed by atoms with E-state index in [0.717, 1.165) is 27.7 Å². The van der Waals surface area contributed by atoms with Crippen molar-refractivity contribution in [2.45, 2.75) is 36.5 Å². The number of nitrogens with zero attached hydrogens (tertiary/aromatic N) is 2. The van der Waals surface area contributed by atoms with Gasteiger partial charge in [-0.1, -0.05) is 10.8 Å². The van der Waals surface area contributed by atoms with Gasteiger partial charge in [0.2, 0.25) is 0 Å². The van der Waals surface area contributed by atoms with Gasteiger partial charge in [-0.15, -0.1) is 12.4 Å². The van der Waals surface area contributed by atoms with Crippen molar-refractivity contribution >= 4 is 45.9 Å². The molecule has 0 saturated carbocycles. The number of aliphatic carboxylic acids is 1. The number of benzene rings is 1. The van der Waals surface area contributed by atoms with Crippen molar-refractivity contribution in [1.82, 2.24) is 9.55 Å². The molecule has 3 rings (SSSR count). The predicted molar refractivity (Wildman–Crippen MR) is 108 cm³/mol. The molecule has 1 heterocycles. The number of fused-ring (bicyclic) bond motifs is 1. The third-order valence-electron chi connectivity index (χ3n) is 4.48. The maximum absolute atomic E-state index is 14.0. The Morgan fingerprint density at radius 2 is 2.07 bits per heavy atom. The normalized spacial score (nSPS) is 16.6. The molecule has 0 bridgehead atoms. The number of nitrogens with two attached hydrogens (primary N) is 1. The minimum absolute atomic E-state index is 0. The summed E-state index contributed by atoms with van der Waals surface area (Å²) in [6.45, 7) is 0. The monoisotopic (exact) mass is 465 g/mol. The molecule has 2 aromatic rings. The minimum atomic E-state index is -1.16. The molecule has 0 spiro atoms. The molecule has 0 saturated heterocycles. The number of rotatable bonds is 7. The fourth-order valence-electron chi connectivity index (χ4n) is 3.15. The van der Waals surface area contributed by atoms with Gasteiger partial charge in [-0.05, 0) is 47.2 Å². The smallest absolute Gasteiger partial charge is 0.354 e. The highest BCUT2D eigenvalue weighted by Gasteiger charge is 2.29. The third kappa shape index (κ3) is 5.21. The molecule has 158 valence electrons. The zero-order valence-electron chi connectivity index (χ0n) is 14.9. The average Bonchev–Trinajstić information content (AvgIpc) is 3.05. The van der Waals surface area contributed by atoms with Gasteiger partial charge in [-0.25, -0.2) is 18.6 Å². The summed E-state index contributed by atoms with van der Waals surface area (Å²) < 4.78 is 29.1. The van der Waals surface area contributed by atoms with Gasteiger partial charge in [-0.3, -0.25) is 4.79 Å². The second-order valence-corrected chi connectivity index (χ2v) is 8.64. The number of hydrogen-bond donors (Lipinski definition) is 3. The van der Waals surface area contributed by atoms with Crippen molar-refractivity contribution in [3.63, 3.8) is 0 Å². The molecule has 29 heavy (non-hydrogen) atoms. The zero-order chi connectivity index (χ0) is 20.4. The first-order valence-electron chi connectivity index (χ1n) is 8.33. The lowest BCUT2D eigenvalue weighted by Gasteiger charge is -2.28. The van der Waals surface area contributed by atoms with E-state index < -0.39 is 29.6 Å². The summed E-state index contributed by atoms with van der Waals surface area (Å²) in [6, 6.07) is 0.740. The zero-order valence-corrected chi connectivity index (χ0v) is 17.3. The molecule has 12 heteroatoms. The molecule has 1 aromatic heterocycles. The molecule has 2 unspecified atom stereocenters. The van der Waals surface area contributed by atoms with Gasteiger partial charge in [-0.2, -0.15) is 0 Å². The highest BCUT2D eigenvalue weighted by molar-refractivity contribution is 8.76. The van der Waals surface area contributed by atoms with E-state index in [0.29, 0.717) is 29.1 Å². The minimum Gasteiger partial charge on any atom is -0.480 e. The highest BCUT2D eigenvalue weighted by Crippen LogP contribution is 2.38. The van der Waals surface area contributed by atoms with Crippen LogP contribution in [0.15, 0.2) is 23.5 Å². The number of carboxylic acid groups (broad SMARTS) is 2. The van der Waals surface area contributed by atoms with Crippen LogP contribution in [0.2, 0.25) is 0 Å². The highest BCUT2D eigenvalue weighted by atomic mass is 35.5. The maximum atomic E-state index is 14.0. The Balaban J connectivity index is 0.00000300. The van der Waals surface area contributed by atoms with Gasteiger partial charge in [0.05, 0.1) is 6.20 Å². The first-order valence-corrected chi connectivity index (χ1v) is 10.6. The largest absolute Gasteiger partial charge is 0.480 e. The molecule has 4 N–H and O–H groups in total. The fourth-order valence-corrected chi connectivity index (χ4v) is 5.37. The lowest BCUT2D eigenvalue weighted by atomic mass is 9.87. The first kappa shape index (κ1) is 23.5. The second-order valence-electron chi connectivity index (χ2n) is 6.34. The molecule has 0 radical (unpaired) electrons. The second kappa shape index (κ2) is 9.79. The SMILES string of the molecule is Cl.NC(CSSc1ncc(C(=O)O)n1C1CCc2c(F)cc(F)cc2C1)C(=O)O. The van der Waals surface area contributed by atoms with E-state index in [1.54, 1.807) is 0 Å². The quantitative estimate of drug-likeness (QED) is 0.533. The van der Waals surface area contributed by atoms with Crippen LogP contribution in [0.25, 0.3) is 0 Å². The Morgan fingerprint density at radius 1 is 1.34 bits per heavy atom. The average molecular weight is 466 g/mol. The van der Waals surface area contributed by atoms with Crippen molar-refractivity contribution in [1.29, 1.82) is 0 Å². The van der Waals surface area contributed by atoms with Crippen LogP contribution in [0, 0.1) is 11.6 Å². The van der Waals surface area contributed by atoms with Crippen molar-refractivity contribution in [2.75, 3.05) is 5.75 Å². The van der Waals surface area contributed by atoms with Crippen LogP contribution in [0.4, 0.5) is 8.78 Å². The van der Waals surface area contributed by atoms with Gasteiger partial charge < -0.3 is 20.5 Å². The standard InChI is InChI=1S/C17H17F2N3O4S2.ClH/c18-9-3-8-4-10(1-2-11(8)12(19)5-9)22-14(16(25)26)6-21-17(22)28-27-7-13(20)15(23)24;/h3,5-6,10,13H,1-2,4,7,20H2,(H,23,24)(H,25,26);1H. The summed E-state index contributed by atoms with van der Waals surface area (Å²) in [5.74, 6) is -3.45. The predicted octanol–water partition coefficient (Wildman–Crippen LogP) is 3.16. The van der Waals surface area contributed by atoms with Crippen molar-refractivity contribution in [3.05, 3.63) is 46.8 Å². The Bertz CT molecular complexity index is 928. The summed E-state index contributed by atoms with van der Waals surface area (Å²) in [6.07, 6.45) is 2.32. The Morgan fingerprint density at radius 3 is 2.72 bits per heavy atom. The molecule has 1 aromatic carbocycles. The van der Waals surface area contributed by atoms with Crippen LogP contribution in [0.3, 0.4) is 0 Å². The maximum Gasteiger partial charge on any atom is 0.354 e. The van der Waals surface area contributed by atoms with E-state index in [4.69, 9.17) is 10.8 Å². The van der Waals surface area contributed by atoms with E-state index in [9.17, 15) is 23.5 Å². The van der Waals surface area contributed by atoms with Gasteiger partial charge >= 0.3 is 11.9 Å². The number of hydrogen-bond acceptors (Lipinski definition) is 6. The summed E-state index contributed by atoms with van der Waals surface area (Å²) in [4.78, 5) is 26.6. The number of aromatic carboxylic acids is 1. The first-order chi connectivity index (χ1) is 13.3. The summed E-state index contributed by atoms with van der Waals surface area (Å²) in [5.41, 5.74) is 6.40. The lowest BCUT2D eigenvalue weighted by Crippen LogP contribution is -2.32. The molecule has 2 atom stereocenters. The van der Waals surface area contributed by atoms with E-state index in [-0.39, 0.29) is 36.3 Å². The fraction of sp³-hybridized carbons (Fsp3) is 0.353. The topological polar surface area (TPSA) is 118 Å². The van der Waals surface area contributed by atoms with E-state index in [1.807, 2.05) is 0 Å². The van der Waals surface area contributed by atoms with Crippen LogP contribution in [-0.4, -0.2) is 43.5 Å². The molecule has 0 fully saturated rings. The number of carboxylic acids is 2. The molecule has 0 aliphatic heterocycles. The third-order valence-corrected chi connectivity index (χ3v) is 6.75. The van der Waals surface area contributed by atoms with Crippen LogP contribution >= 0.6 is 34.0 Å². The van der Waals surface area contributed by atoms with E-state index in [1.165, 1.54) is 16.8 Å². The summed E-state index contributed by atoms with van der Waals surface area (Å²) in [5, 5.41) is 18.7. The Labute approximate surface area is 178 Å². The van der Waals surface area contributed by atoms with E-state index in [2.05, 4.69) is 4.98 Å². The van der Waals surface area contributed by atoms with Gasteiger partial charge in [0, 0.05) is 17.9 Å². The Hall–Kier alpha value is -1.82. The molecule has 0 amide bonds. The van der Waals surface area contributed by atoms with Crippen molar-refractivity contribution < 1.29 is 28.6 Å². The summed E-state index contributed by atoms with van der Waals surface area (Å²) in [7, 11) is 2.28. The number of aromatic nitrogens is 2. The van der Waals surface area contributed by atoms with Gasteiger partial charge in [0.15, 0.2) is 5.16 Å². The van der Waals surface area contributed by atoms with Crippen molar-refractivity contribution in [3.8, 4) is 0 Å². The van der Waals surface area contributed by atoms with Crippen LogP contribution < -0.4 is 5.73 Å².